The molecule has 0 aliphatic carbocycles. The van der Waals surface area contributed by atoms with Gasteiger partial charge in [0.2, 0.25) is 5.91 Å². The van der Waals surface area contributed by atoms with Crippen LogP contribution in [0.25, 0.3) is 0 Å². The molecule has 3 rings (SSSR count). The summed E-state index contributed by atoms with van der Waals surface area (Å²) < 4.78 is 33.0. The predicted molar refractivity (Wildman–Crippen MR) is 124 cm³/mol. The van der Waals surface area contributed by atoms with Crippen molar-refractivity contribution in [2.75, 3.05) is 13.2 Å². The van der Waals surface area contributed by atoms with E-state index in [0.717, 1.165) is 30.2 Å². The molecule has 33 heavy (non-hydrogen) atoms. The second kappa shape index (κ2) is 10.6. The van der Waals surface area contributed by atoms with E-state index in [0.29, 0.717) is 12.2 Å². The van der Waals surface area contributed by atoms with Crippen LogP contribution in [0.2, 0.25) is 0 Å². The van der Waals surface area contributed by atoms with Crippen LogP contribution in [0.15, 0.2) is 36.4 Å². The van der Waals surface area contributed by atoms with Crippen molar-refractivity contribution >= 4 is 5.91 Å². The number of halogens is 2. The number of fused-ring (bicyclic) bond motifs is 1. The lowest BCUT2D eigenvalue weighted by atomic mass is 9.86. The molecule has 5 nitrogen and oxygen atoms in total. The minimum atomic E-state index is -0.954. The molecule has 0 saturated carbocycles. The lowest BCUT2D eigenvalue weighted by Gasteiger charge is -2.30. The van der Waals surface area contributed by atoms with Gasteiger partial charge in [-0.3, -0.25) is 4.79 Å². The Labute approximate surface area is 194 Å². The quantitative estimate of drug-likeness (QED) is 0.555. The fourth-order valence-electron chi connectivity index (χ4n) is 4.31. The summed E-state index contributed by atoms with van der Waals surface area (Å²) >= 11 is 0. The summed E-state index contributed by atoms with van der Waals surface area (Å²) in [7, 11) is 0. The molecule has 1 aliphatic rings. The van der Waals surface area contributed by atoms with E-state index in [2.05, 4.69) is 43.5 Å². The highest BCUT2D eigenvalue weighted by Crippen LogP contribution is 2.34. The van der Waals surface area contributed by atoms with Gasteiger partial charge in [0.15, 0.2) is 0 Å². The van der Waals surface area contributed by atoms with Crippen molar-refractivity contribution in [1.82, 2.24) is 10.6 Å². The molecule has 0 radical (unpaired) electrons. The van der Waals surface area contributed by atoms with Crippen LogP contribution < -0.4 is 15.4 Å². The molecule has 3 atom stereocenters. The summed E-state index contributed by atoms with van der Waals surface area (Å²) in [5.74, 6) is -0.869. The molecular formula is C26H34F2N2O3. The minimum absolute atomic E-state index is 0.00656. The number of ether oxygens (including phenoxy) is 1. The number of aliphatic hydroxyl groups is 1. The third-order valence-corrected chi connectivity index (χ3v) is 5.65. The number of carbonyl (C=O) groups excluding carboxylic acids is 1. The Bertz CT molecular complexity index is 954. The van der Waals surface area contributed by atoms with E-state index in [1.165, 1.54) is 24.6 Å². The lowest BCUT2D eigenvalue weighted by Crippen LogP contribution is -2.48. The summed E-state index contributed by atoms with van der Waals surface area (Å²) in [4.78, 5) is 11.7. The zero-order valence-corrected chi connectivity index (χ0v) is 19.8. The van der Waals surface area contributed by atoms with Crippen molar-refractivity contribution in [3.8, 4) is 5.75 Å². The highest BCUT2D eigenvalue weighted by atomic mass is 19.1. The number of hydrogen-bond acceptors (Lipinski definition) is 4. The van der Waals surface area contributed by atoms with Crippen LogP contribution in [0.3, 0.4) is 0 Å². The molecule has 7 heteroatoms. The zero-order chi connectivity index (χ0) is 24.2. The SMILES string of the molecule is CC(=O)N[C@@H](Cc1cc(F)cc(F)c1)[C@@H](O)CNC1CCOc2ccc(CC(C)(C)C)cc21. The van der Waals surface area contributed by atoms with E-state index in [-0.39, 0.29) is 30.3 Å². The third kappa shape index (κ3) is 7.51. The molecule has 1 aliphatic heterocycles. The number of benzene rings is 2. The van der Waals surface area contributed by atoms with Crippen LogP contribution in [-0.4, -0.2) is 36.3 Å². The Kier molecular flexibility index (Phi) is 8.08. The number of aliphatic hydroxyl groups excluding tert-OH is 1. The summed E-state index contributed by atoms with van der Waals surface area (Å²) in [6.45, 7) is 8.71. The number of hydrogen-bond donors (Lipinski definition) is 3. The summed E-state index contributed by atoms with van der Waals surface area (Å²) in [5.41, 5.74) is 2.81. The topological polar surface area (TPSA) is 70.6 Å². The zero-order valence-electron chi connectivity index (χ0n) is 19.8. The lowest BCUT2D eigenvalue weighted by molar-refractivity contribution is -0.120. The fraction of sp³-hybridized carbons (Fsp3) is 0.500. The molecule has 0 bridgehead atoms. The second-order valence-corrected chi connectivity index (χ2v) is 10.1. The molecule has 180 valence electrons. The highest BCUT2D eigenvalue weighted by molar-refractivity contribution is 5.73. The molecule has 1 unspecified atom stereocenters. The monoisotopic (exact) mass is 460 g/mol. The van der Waals surface area contributed by atoms with E-state index in [1.54, 1.807) is 0 Å². The molecule has 0 fully saturated rings. The normalized spacial score (nSPS) is 17.6. The van der Waals surface area contributed by atoms with Crippen LogP contribution in [0.5, 0.6) is 5.75 Å². The fourth-order valence-corrected chi connectivity index (χ4v) is 4.31. The molecule has 1 heterocycles. The Morgan fingerprint density at radius 1 is 1.15 bits per heavy atom. The summed E-state index contributed by atoms with van der Waals surface area (Å²) in [5, 5.41) is 17.0. The summed E-state index contributed by atoms with van der Waals surface area (Å²) in [6, 6.07) is 8.77. The first-order valence-electron chi connectivity index (χ1n) is 11.4. The van der Waals surface area contributed by atoms with Crippen LogP contribution in [-0.2, 0) is 17.6 Å². The van der Waals surface area contributed by atoms with Crippen LogP contribution in [0.1, 0.15) is 56.8 Å². The van der Waals surface area contributed by atoms with Crippen molar-refractivity contribution in [2.45, 2.75) is 65.1 Å². The molecule has 2 aromatic rings. The predicted octanol–water partition coefficient (Wildman–Crippen LogP) is 4.07. The Morgan fingerprint density at radius 2 is 1.85 bits per heavy atom. The van der Waals surface area contributed by atoms with Crippen molar-refractivity contribution in [3.63, 3.8) is 0 Å². The van der Waals surface area contributed by atoms with Gasteiger partial charge in [0.25, 0.3) is 0 Å². The van der Waals surface area contributed by atoms with Crippen LogP contribution in [0, 0.1) is 17.0 Å². The van der Waals surface area contributed by atoms with Crippen molar-refractivity contribution in [3.05, 3.63) is 64.7 Å². The first-order valence-corrected chi connectivity index (χ1v) is 11.4. The van der Waals surface area contributed by atoms with Crippen molar-refractivity contribution in [2.24, 2.45) is 5.41 Å². The maximum atomic E-state index is 13.6. The first kappa shape index (κ1) is 25.1. The van der Waals surface area contributed by atoms with Gasteiger partial charge in [-0.2, -0.15) is 0 Å². The largest absolute Gasteiger partial charge is 0.493 e. The number of rotatable bonds is 8. The van der Waals surface area contributed by atoms with E-state index in [1.807, 2.05) is 6.07 Å². The average Bonchev–Trinajstić information content (AvgIpc) is 2.69. The second-order valence-electron chi connectivity index (χ2n) is 10.1. The molecule has 1 amide bonds. The average molecular weight is 461 g/mol. The maximum Gasteiger partial charge on any atom is 0.217 e. The van der Waals surface area contributed by atoms with Crippen LogP contribution in [0.4, 0.5) is 8.78 Å². The van der Waals surface area contributed by atoms with E-state index < -0.39 is 23.8 Å². The van der Waals surface area contributed by atoms with Gasteiger partial charge >= 0.3 is 0 Å². The van der Waals surface area contributed by atoms with Gasteiger partial charge in [-0.25, -0.2) is 8.78 Å². The standard InChI is InChI=1S/C26H34F2N2O3/c1-16(31)30-23(12-18-9-19(27)13-20(28)10-18)24(32)15-29-22-7-8-33-25-6-5-17(11-21(22)25)14-26(2,3)4/h5-6,9-11,13,22-24,29,32H,7-8,12,14-15H2,1-4H3,(H,30,31)/t22?,23-,24-/m0/s1. The van der Waals surface area contributed by atoms with Gasteiger partial charge in [-0.1, -0.05) is 32.9 Å². The first-order chi connectivity index (χ1) is 15.5. The van der Waals surface area contributed by atoms with Crippen molar-refractivity contribution < 1.29 is 23.4 Å². The van der Waals surface area contributed by atoms with Gasteiger partial charge in [0.05, 0.1) is 18.8 Å². The van der Waals surface area contributed by atoms with E-state index in [9.17, 15) is 18.7 Å². The van der Waals surface area contributed by atoms with E-state index >= 15 is 0 Å². The highest BCUT2D eigenvalue weighted by Gasteiger charge is 2.26. The van der Waals surface area contributed by atoms with Crippen molar-refractivity contribution in [1.29, 1.82) is 0 Å². The Morgan fingerprint density at radius 3 is 2.48 bits per heavy atom. The van der Waals surface area contributed by atoms with Crippen LogP contribution >= 0.6 is 0 Å². The van der Waals surface area contributed by atoms with E-state index in [4.69, 9.17) is 4.74 Å². The number of nitrogens with one attached hydrogen (secondary N) is 2. The van der Waals surface area contributed by atoms with Gasteiger partial charge in [-0.05, 0) is 47.6 Å². The molecule has 0 aromatic heterocycles. The molecular weight excluding hydrogens is 426 g/mol. The maximum absolute atomic E-state index is 13.6. The molecule has 3 N–H and O–H groups in total. The van der Waals surface area contributed by atoms with Gasteiger partial charge in [-0.15, -0.1) is 0 Å². The molecule has 0 saturated heterocycles. The number of carbonyl (C=O) groups is 1. The van der Waals surface area contributed by atoms with Gasteiger partial charge in [0, 0.05) is 37.6 Å². The summed E-state index contributed by atoms with van der Waals surface area (Å²) in [6.07, 6.45) is 0.838. The van der Waals surface area contributed by atoms with Gasteiger partial charge < -0.3 is 20.5 Å². The smallest absolute Gasteiger partial charge is 0.217 e. The molecule has 0 spiro atoms. The Balaban J connectivity index is 1.70. The molecule has 2 aromatic carbocycles. The number of amides is 1. The minimum Gasteiger partial charge on any atom is -0.493 e. The Hall–Kier alpha value is -2.51. The van der Waals surface area contributed by atoms with Gasteiger partial charge in [0.1, 0.15) is 17.4 Å². The third-order valence-electron chi connectivity index (χ3n) is 5.65.